The molecule has 1 saturated heterocycles. The number of hydrogen-bond donors (Lipinski definition) is 1. The number of quaternary nitrogens is 1. The van der Waals surface area contributed by atoms with Gasteiger partial charge in [0.25, 0.3) is 5.89 Å². The first-order valence-electron chi connectivity index (χ1n) is 9.26. The molecule has 0 atom stereocenters. The monoisotopic (exact) mass is 363 g/mol. The van der Waals surface area contributed by atoms with Gasteiger partial charge in [0.1, 0.15) is 0 Å². The molecule has 1 aliphatic rings. The highest BCUT2D eigenvalue weighted by atomic mass is 16.4. The third kappa shape index (κ3) is 4.06. The molecule has 4 rings (SSSR count). The van der Waals surface area contributed by atoms with Crippen LogP contribution in [0.1, 0.15) is 23.2 Å². The van der Waals surface area contributed by atoms with Crippen molar-refractivity contribution in [2.24, 2.45) is 0 Å². The summed E-state index contributed by atoms with van der Waals surface area (Å²) in [6.45, 7) is 6.30. The molecule has 138 valence electrons. The normalized spacial score (nSPS) is 15.1. The van der Waals surface area contributed by atoms with Gasteiger partial charge in [-0.2, -0.15) is 0 Å². The van der Waals surface area contributed by atoms with Gasteiger partial charge >= 0.3 is 0 Å². The summed E-state index contributed by atoms with van der Waals surface area (Å²) in [6.07, 6.45) is 0. The van der Waals surface area contributed by atoms with E-state index in [1.807, 2.05) is 54.6 Å². The highest BCUT2D eigenvalue weighted by Gasteiger charge is 2.22. The molecule has 0 spiro atoms. The van der Waals surface area contributed by atoms with Crippen molar-refractivity contribution in [3.05, 3.63) is 66.1 Å². The van der Waals surface area contributed by atoms with Crippen molar-refractivity contribution < 1.29 is 14.1 Å². The second-order valence-corrected chi connectivity index (χ2v) is 6.88. The fourth-order valence-corrected chi connectivity index (χ4v) is 3.40. The maximum atomic E-state index is 11.4. The zero-order valence-corrected chi connectivity index (χ0v) is 15.4. The number of nitrogens with one attached hydrogen (secondary N) is 1. The molecule has 3 aromatic rings. The smallest absolute Gasteiger partial charge is 0.271 e. The Balaban J connectivity index is 1.33. The van der Waals surface area contributed by atoms with E-state index in [4.69, 9.17) is 4.42 Å². The van der Waals surface area contributed by atoms with Gasteiger partial charge in [0, 0.05) is 16.8 Å². The van der Waals surface area contributed by atoms with Crippen molar-refractivity contribution in [3.8, 4) is 11.5 Å². The Hall–Kier alpha value is -2.99. The van der Waals surface area contributed by atoms with Crippen molar-refractivity contribution in [3.63, 3.8) is 0 Å². The molecule has 0 amide bonds. The van der Waals surface area contributed by atoms with Gasteiger partial charge in [0.05, 0.1) is 26.2 Å². The quantitative estimate of drug-likeness (QED) is 0.701. The van der Waals surface area contributed by atoms with Crippen molar-refractivity contribution in [1.82, 2.24) is 10.2 Å². The molecule has 1 aliphatic heterocycles. The van der Waals surface area contributed by atoms with E-state index in [1.165, 1.54) is 10.6 Å². The highest BCUT2D eigenvalue weighted by Crippen LogP contribution is 2.17. The van der Waals surface area contributed by atoms with Crippen LogP contribution >= 0.6 is 0 Å². The van der Waals surface area contributed by atoms with E-state index in [-0.39, 0.29) is 5.78 Å². The molecule has 6 heteroatoms. The summed E-state index contributed by atoms with van der Waals surface area (Å²) >= 11 is 0. The van der Waals surface area contributed by atoms with Crippen molar-refractivity contribution in [1.29, 1.82) is 0 Å². The van der Waals surface area contributed by atoms with Crippen LogP contribution < -0.4 is 9.80 Å². The van der Waals surface area contributed by atoms with Gasteiger partial charge in [-0.1, -0.05) is 18.2 Å². The summed E-state index contributed by atoms with van der Waals surface area (Å²) < 4.78 is 5.83. The molecule has 0 radical (unpaired) electrons. The van der Waals surface area contributed by atoms with Crippen LogP contribution in [0.2, 0.25) is 0 Å². The lowest BCUT2D eigenvalue weighted by atomic mass is 10.1. The first-order chi connectivity index (χ1) is 13.2. The molecule has 0 aliphatic carbocycles. The second-order valence-electron chi connectivity index (χ2n) is 6.88. The average Bonchev–Trinajstić information content (AvgIpc) is 3.18. The minimum Gasteiger partial charge on any atom is -0.415 e. The highest BCUT2D eigenvalue weighted by molar-refractivity contribution is 5.94. The predicted octanol–water partition coefficient (Wildman–Crippen LogP) is 1.84. The molecule has 0 bridgehead atoms. The van der Waals surface area contributed by atoms with E-state index in [9.17, 15) is 4.79 Å². The Labute approximate surface area is 158 Å². The van der Waals surface area contributed by atoms with Crippen molar-refractivity contribution in [2.45, 2.75) is 13.5 Å². The van der Waals surface area contributed by atoms with Crippen LogP contribution in [0.25, 0.3) is 11.5 Å². The molecule has 0 saturated carbocycles. The first kappa shape index (κ1) is 17.4. The largest absolute Gasteiger partial charge is 0.415 e. The van der Waals surface area contributed by atoms with Crippen LogP contribution in [-0.4, -0.2) is 42.2 Å². The van der Waals surface area contributed by atoms with Crippen molar-refractivity contribution >= 4 is 11.5 Å². The maximum absolute atomic E-state index is 11.4. The summed E-state index contributed by atoms with van der Waals surface area (Å²) in [5.41, 5.74) is 2.88. The van der Waals surface area contributed by atoms with E-state index in [2.05, 4.69) is 15.1 Å². The molecule has 1 aromatic heterocycles. The number of benzene rings is 2. The number of piperazine rings is 1. The van der Waals surface area contributed by atoms with E-state index >= 15 is 0 Å². The van der Waals surface area contributed by atoms with E-state index < -0.39 is 0 Å². The molecule has 2 heterocycles. The lowest BCUT2D eigenvalue weighted by Crippen LogP contribution is -3.13. The van der Waals surface area contributed by atoms with E-state index in [1.54, 1.807) is 6.92 Å². The fraction of sp³-hybridized carbons (Fsp3) is 0.286. The van der Waals surface area contributed by atoms with E-state index in [0.29, 0.717) is 11.8 Å². The van der Waals surface area contributed by atoms with Crippen LogP contribution in [0.4, 0.5) is 5.69 Å². The van der Waals surface area contributed by atoms with Crippen LogP contribution in [0.3, 0.4) is 0 Å². The Morgan fingerprint density at radius 2 is 1.74 bits per heavy atom. The average molecular weight is 363 g/mol. The van der Waals surface area contributed by atoms with Crippen molar-refractivity contribution in [2.75, 3.05) is 31.1 Å². The SMILES string of the molecule is CC(=O)c1ccc(N2CC[NH+](Cc3nnc(-c4ccccc4)o3)CC2)cc1. The van der Waals surface area contributed by atoms with Gasteiger partial charge < -0.3 is 14.2 Å². The summed E-state index contributed by atoms with van der Waals surface area (Å²) in [5, 5.41) is 8.38. The molecule has 27 heavy (non-hydrogen) atoms. The number of rotatable bonds is 5. The Bertz CT molecular complexity index is 897. The Morgan fingerprint density at radius 1 is 1.04 bits per heavy atom. The number of Topliss-reactive ketones (excluding diaryl/α,β-unsaturated/α-hetero) is 1. The van der Waals surface area contributed by atoms with Gasteiger partial charge in [-0.05, 0) is 43.3 Å². The molecule has 6 nitrogen and oxygen atoms in total. The second kappa shape index (κ2) is 7.72. The van der Waals surface area contributed by atoms with Gasteiger partial charge in [-0.3, -0.25) is 4.79 Å². The lowest BCUT2D eigenvalue weighted by molar-refractivity contribution is -0.915. The fourth-order valence-electron chi connectivity index (χ4n) is 3.40. The molecule has 1 N–H and O–H groups in total. The molecule has 0 unspecified atom stereocenters. The number of carbonyl (C=O) groups is 1. The van der Waals surface area contributed by atoms with Gasteiger partial charge in [-0.15, -0.1) is 10.2 Å². The number of aromatic nitrogens is 2. The third-order valence-corrected chi connectivity index (χ3v) is 5.00. The number of ketones is 1. The van der Waals surface area contributed by atoms with Crippen LogP contribution in [0.15, 0.2) is 59.0 Å². The molecular formula is C21H23N4O2+. The summed E-state index contributed by atoms with van der Waals surface area (Å²) in [6, 6.07) is 17.7. The zero-order valence-electron chi connectivity index (χ0n) is 15.4. The van der Waals surface area contributed by atoms with Crippen LogP contribution in [0.5, 0.6) is 0 Å². The minimum absolute atomic E-state index is 0.102. The Kier molecular flexibility index (Phi) is 4.98. The lowest BCUT2D eigenvalue weighted by Gasteiger charge is -2.33. The third-order valence-electron chi connectivity index (χ3n) is 5.00. The first-order valence-corrected chi connectivity index (χ1v) is 9.26. The predicted molar refractivity (Wildman–Crippen MR) is 103 cm³/mol. The molecule has 1 fully saturated rings. The topological polar surface area (TPSA) is 63.7 Å². The number of hydrogen-bond acceptors (Lipinski definition) is 5. The minimum atomic E-state index is 0.102. The summed E-state index contributed by atoms with van der Waals surface area (Å²) in [4.78, 5) is 15.2. The number of nitrogens with zero attached hydrogens (tertiary/aromatic N) is 3. The molecule has 2 aromatic carbocycles. The standard InChI is InChI=1S/C21H22N4O2/c1-16(26)17-7-9-19(10-8-17)25-13-11-24(12-14-25)15-20-22-23-21(27-20)18-5-3-2-4-6-18/h2-10H,11-15H2,1H3/p+1. The summed E-state index contributed by atoms with van der Waals surface area (Å²) in [7, 11) is 0. The van der Waals surface area contributed by atoms with E-state index in [0.717, 1.165) is 43.9 Å². The number of carbonyl (C=O) groups excluding carboxylic acids is 1. The summed E-state index contributed by atoms with van der Waals surface area (Å²) in [5.74, 6) is 1.36. The number of anilines is 1. The maximum Gasteiger partial charge on any atom is 0.271 e. The van der Waals surface area contributed by atoms with Gasteiger partial charge in [0.15, 0.2) is 12.3 Å². The Morgan fingerprint density at radius 3 is 2.41 bits per heavy atom. The van der Waals surface area contributed by atoms with Crippen LogP contribution in [0, 0.1) is 0 Å². The van der Waals surface area contributed by atoms with Gasteiger partial charge in [0.2, 0.25) is 5.89 Å². The zero-order chi connectivity index (χ0) is 18.6. The van der Waals surface area contributed by atoms with Gasteiger partial charge in [-0.25, -0.2) is 0 Å². The molecular weight excluding hydrogens is 340 g/mol. The van der Waals surface area contributed by atoms with Crippen LogP contribution in [-0.2, 0) is 6.54 Å².